The van der Waals surface area contributed by atoms with Crippen molar-refractivity contribution in [2.75, 3.05) is 4.90 Å². The molecule has 0 aliphatic carbocycles. The zero-order chi connectivity index (χ0) is 15.9. The number of nitrogens with zero attached hydrogens (tertiary/aromatic N) is 1. The molecule has 0 N–H and O–H groups in total. The van der Waals surface area contributed by atoms with E-state index in [-0.39, 0.29) is 12.1 Å². The van der Waals surface area contributed by atoms with E-state index in [1.807, 2.05) is 0 Å². The minimum atomic E-state index is -6.08. The number of hydrogen-bond donors (Lipinski definition) is 0. The molecule has 0 aromatic heterocycles. The average molecular weight is 332 g/mol. The maximum atomic E-state index is 12.5. The number of anilines is 1. The van der Waals surface area contributed by atoms with E-state index in [1.54, 1.807) is 0 Å². The maximum Gasteiger partial charge on any atom is 0.491 e. The molecule has 0 spiro atoms. The van der Waals surface area contributed by atoms with Gasteiger partial charge in [0, 0.05) is 5.02 Å². The largest absolute Gasteiger partial charge is 0.491 e. The van der Waals surface area contributed by atoms with Crippen LogP contribution in [0.5, 0.6) is 0 Å². The van der Waals surface area contributed by atoms with Gasteiger partial charge in [-0.2, -0.15) is 18.1 Å². The predicted octanol–water partition coefficient (Wildman–Crippen LogP) is 5.20. The summed E-state index contributed by atoms with van der Waals surface area (Å²) < 4.78 is 112. The van der Waals surface area contributed by atoms with Gasteiger partial charge in [-0.25, -0.2) is 0 Å². The summed E-state index contributed by atoms with van der Waals surface area (Å²) in [5.41, 5.74) is -4.23. The molecule has 0 radical (unpaired) electrons. The van der Waals surface area contributed by atoms with Crippen LogP contribution in [0.1, 0.15) is 5.56 Å². The fourth-order valence-electron chi connectivity index (χ4n) is 1.35. The molecular formula is C9H3ClF9N. The summed E-state index contributed by atoms with van der Waals surface area (Å²) in [5, 5.41) is -0.648. The van der Waals surface area contributed by atoms with Gasteiger partial charge in [0.15, 0.2) is 0 Å². The molecule has 1 nitrogen and oxygen atoms in total. The second-order valence-electron chi connectivity index (χ2n) is 3.43. The highest BCUT2D eigenvalue weighted by Gasteiger charge is 2.56. The van der Waals surface area contributed by atoms with Gasteiger partial charge >= 0.3 is 18.8 Å². The van der Waals surface area contributed by atoms with E-state index in [2.05, 4.69) is 0 Å². The summed E-state index contributed by atoms with van der Waals surface area (Å²) in [7, 11) is 0. The lowest BCUT2D eigenvalue weighted by molar-refractivity contribution is -0.227. The van der Waals surface area contributed by atoms with Crippen LogP contribution in [0, 0.1) is 0 Å². The molecule has 1 rings (SSSR count). The number of halogens is 10. The second kappa shape index (κ2) is 4.90. The third-order valence-electron chi connectivity index (χ3n) is 2.01. The number of alkyl halides is 9. The molecule has 1 aromatic rings. The van der Waals surface area contributed by atoms with Crippen molar-refractivity contribution in [1.29, 1.82) is 0 Å². The van der Waals surface area contributed by atoms with Crippen LogP contribution in [0.4, 0.5) is 45.2 Å². The van der Waals surface area contributed by atoms with E-state index in [1.165, 1.54) is 0 Å². The lowest BCUT2D eigenvalue weighted by Crippen LogP contribution is -2.49. The number of hydrogen-bond acceptors (Lipinski definition) is 1. The second-order valence-corrected chi connectivity index (χ2v) is 3.87. The van der Waals surface area contributed by atoms with E-state index in [4.69, 9.17) is 11.6 Å². The summed E-state index contributed by atoms with van der Waals surface area (Å²) in [6, 6.07) is 0.490. The van der Waals surface area contributed by atoms with Crippen LogP contribution in [0.2, 0.25) is 5.02 Å². The summed E-state index contributed by atoms with van der Waals surface area (Å²) in [5.74, 6) is 0. The standard InChI is InChI=1S/C9H3ClF9N/c10-4-1-2-6(5(3-4)7(11,12)13)20(8(14,15)16)9(17,18)19/h1-3H. The van der Waals surface area contributed by atoms with E-state index >= 15 is 0 Å². The van der Waals surface area contributed by atoms with Crippen molar-refractivity contribution in [2.24, 2.45) is 0 Å². The van der Waals surface area contributed by atoms with Gasteiger partial charge in [0.25, 0.3) is 0 Å². The van der Waals surface area contributed by atoms with E-state index in [0.29, 0.717) is 6.07 Å². The molecule has 0 saturated heterocycles. The normalized spacial score (nSPS) is 13.5. The van der Waals surface area contributed by atoms with E-state index < -0.39 is 40.0 Å². The minimum absolute atomic E-state index is 0.00609. The Morgan fingerprint density at radius 2 is 1.25 bits per heavy atom. The molecule has 0 amide bonds. The van der Waals surface area contributed by atoms with E-state index in [9.17, 15) is 39.5 Å². The minimum Gasteiger partial charge on any atom is -0.193 e. The van der Waals surface area contributed by atoms with Crippen molar-refractivity contribution in [3.8, 4) is 0 Å². The quantitative estimate of drug-likeness (QED) is 0.505. The molecule has 0 aliphatic rings. The van der Waals surface area contributed by atoms with Gasteiger partial charge in [0.2, 0.25) is 0 Å². The Morgan fingerprint density at radius 1 is 0.800 bits per heavy atom. The molecule has 11 heteroatoms. The highest BCUT2D eigenvalue weighted by atomic mass is 35.5. The van der Waals surface area contributed by atoms with Crippen LogP contribution in [-0.2, 0) is 6.18 Å². The first-order valence-corrected chi connectivity index (χ1v) is 4.93. The molecule has 114 valence electrons. The molecule has 0 unspecified atom stereocenters. The van der Waals surface area contributed by atoms with Gasteiger partial charge in [0.05, 0.1) is 11.3 Å². The van der Waals surface area contributed by atoms with Gasteiger partial charge in [-0.05, 0) is 18.2 Å². The third-order valence-corrected chi connectivity index (χ3v) is 2.25. The highest BCUT2D eigenvalue weighted by molar-refractivity contribution is 6.30. The van der Waals surface area contributed by atoms with Crippen molar-refractivity contribution in [1.82, 2.24) is 0 Å². The van der Waals surface area contributed by atoms with Crippen molar-refractivity contribution < 1.29 is 39.5 Å². The van der Waals surface area contributed by atoms with Crippen LogP contribution in [0.3, 0.4) is 0 Å². The summed E-state index contributed by atoms with van der Waals surface area (Å²) >= 11 is 5.18. The predicted molar refractivity (Wildman–Crippen MR) is 51.0 cm³/mol. The average Bonchev–Trinajstić information content (AvgIpc) is 2.14. The van der Waals surface area contributed by atoms with Gasteiger partial charge < -0.3 is 0 Å². The van der Waals surface area contributed by atoms with E-state index in [0.717, 1.165) is 0 Å². The van der Waals surface area contributed by atoms with Crippen LogP contribution in [0.25, 0.3) is 0 Å². The number of benzene rings is 1. The molecule has 1 aromatic carbocycles. The monoisotopic (exact) mass is 331 g/mol. The zero-order valence-electron chi connectivity index (χ0n) is 8.96. The zero-order valence-corrected chi connectivity index (χ0v) is 9.71. The van der Waals surface area contributed by atoms with Crippen molar-refractivity contribution in [3.05, 3.63) is 28.8 Å². The smallest absolute Gasteiger partial charge is 0.193 e. The summed E-state index contributed by atoms with van der Waals surface area (Å²) in [4.78, 5) is -2.22. The topological polar surface area (TPSA) is 3.24 Å². The molecular weight excluding hydrogens is 329 g/mol. The fraction of sp³-hybridized carbons (Fsp3) is 0.333. The molecule has 0 saturated carbocycles. The first kappa shape index (κ1) is 16.7. The molecule has 0 atom stereocenters. The molecule has 0 bridgehead atoms. The SMILES string of the molecule is FC(F)(F)c1cc(Cl)ccc1N(C(F)(F)F)C(F)(F)F. The van der Waals surface area contributed by atoms with Crippen LogP contribution < -0.4 is 4.90 Å². The molecule has 0 aliphatic heterocycles. The number of rotatable bonds is 1. The summed E-state index contributed by atoms with van der Waals surface area (Å²) in [6.07, 6.45) is -17.6. The highest BCUT2D eigenvalue weighted by Crippen LogP contribution is 2.45. The van der Waals surface area contributed by atoms with Gasteiger partial charge in [-0.3, -0.25) is 0 Å². The Bertz CT molecular complexity index is 474. The van der Waals surface area contributed by atoms with Crippen molar-refractivity contribution in [2.45, 2.75) is 18.8 Å². The Kier molecular flexibility index (Phi) is 4.10. The fourth-order valence-corrected chi connectivity index (χ4v) is 1.52. The maximum absolute atomic E-state index is 12.5. The Labute approximate surface area is 110 Å². The van der Waals surface area contributed by atoms with Crippen molar-refractivity contribution >= 4 is 17.3 Å². The first-order chi connectivity index (χ1) is 8.74. The van der Waals surface area contributed by atoms with Crippen LogP contribution in [-0.4, -0.2) is 12.6 Å². The Morgan fingerprint density at radius 3 is 1.60 bits per heavy atom. The van der Waals surface area contributed by atoms with Gasteiger partial charge in [-0.1, -0.05) is 11.6 Å². The van der Waals surface area contributed by atoms with Crippen molar-refractivity contribution in [3.63, 3.8) is 0 Å². The first-order valence-electron chi connectivity index (χ1n) is 4.55. The van der Waals surface area contributed by atoms with Crippen LogP contribution in [0.15, 0.2) is 18.2 Å². The Hall–Kier alpha value is -1.32. The van der Waals surface area contributed by atoms with Gasteiger partial charge in [0.1, 0.15) is 0 Å². The van der Waals surface area contributed by atoms with Gasteiger partial charge in [-0.15, -0.1) is 26.3 Å². The Balaban J connectivity index is 3.58. The lowest BCUT2D eigenvalue weighted by atomic mass is 10.1. The van der Waals surface area contributed by atoms with Crippen LogP contribution >= 0.6 is 11.6 Å². The summed E-state index contributed by atoms with van der Waals surface area (Å²) in [6.45, 7) is 0. The lowest BCUT2D eigenvalue weighted by Gasteiger charge is -2.30. The third kappa shape index (κ3) is 3.62. The molecule has 0 heterocycles. The molecule has 0 fully saturated rings. The molecule has 20 heavy (non-hydrogen) atoms.